The van der Waals surface area contributed by atoms with Crippen molar-refractivity contribution in [1.82, 2.24) is 5.01 Å². The molecule has 0 unspecified atom stereocenters. The highest BCUT2D eigenvalue weighted by molar-refractivity contribution is 7.12. The van der Waals surface area contributed by atoms with E-state index in [0.717, 1.165) is 16.2 Å². The van der Waals surface area contributed by atoms with Crippen LogP contribution in [0.3, 0.4) is 0 Å². The summed E-state index contributed by atoms with van der Waals surface area (Å²) in [7, 11) is 0. The Morgan fingerprint density at radius 2 is 2.10 bits per heavy atom. The lowest BCUT2D eigenvalue weighted by atomic mass is 9.93. The van der Waals surface area contributed by atoms with Crippen molar-refractivity contribution in [2.24, 2.45) is 5.10 Å². The molecule has 0 saturated heterocycles. The third-order valence-electron chi connectivity index (χ3n) is 5.71. The van der Waals surface area contributed by atoms with Gasteiger partial charge in [-0.2, -0.15) is 5.10 Å². The van der Waals surface area contributed by atoms with Gasteiger partial charge < -0.3 is 10.1 Å². The molecule has 0 bridgehead atoms. The van der Waals surface area contributed by atoms with Crippen LogP contribution >= 0.6 is 11.3 Å². The van der Waals surface area contributed by atoms with E-state index in [0.29, 0.717) is 23.4 Å². The summed E-state index contributed by atoms with van der Waals surface area (Å²) < 4.78 is 6.32. The molecule has 3 aromatic rings. The average molecular weight is 418 g/mol. The number of nitrogens with one attached hydrogen (secondary N) is 1. The van der Waals surface area contributed by atoms with Crippen LogP contribution in [0, 0.1) is 10.1 Å². The van der Waals surface area contributed by atoms with Gasteiger partial charge in [0.15, 0.2) is 0 Å². The summed E-state index contributed by atoms with van der Waals surface area (Å²) in [6.07, 6.45) is 0.611. The fourth-order valence-electron chi connectivity index (χ4n) is 4.38. The van der Waals surface area contributed by atoms with Crippen LogP contribution in [0.4, 0.5) is 11.4 Å². The van der Waals surface area contributed by atoms with Crippen LogP contribution in [0.5, 0.6) is 5.75 Å². The number of hydrogen-bond donors (Lipinski definition) is 1. The van der Waals surface area contributed by atoms with Crippen LogP contribution in [-0.2, 0) is 10.5 Å². The van der Waals surface area contributed by atoms with Gasteiger partial charge in [-0.3, -0.25) is 14.9 Å². The van der Waals surface area contributed by atoms with Gasteiger partial charge in [0.25, 0.3) is 11.6 Å². The molecule has 2 aromatic carbocycles. The molecule has 4 heterocycles. The second-order valence-electron chi connectivity index (χ2n) is 7.31. The fraction of sp³-hybridized carbons (Fsp3) is 0.143. The zero-order valence-electron chi connectivity index (χ0n) is 15.4. The van der Waals surface area contributed by atoms with Gasteiger partial charge in [-0.25, -0.2) is 5.01 Å². The van der Waals surface area contributed by atoms with Crippen molar-refractivity contribution in [3.05, 3.63) is 86.1 Å². The summed E-state index contributed by atoms with van der Waals surface area (Å²) in [5, 5.41) is 22.7. The Morgan fingerprint density at radius 1 is 1.23 bits per heavy atom. The topological polar surface area (TPSA) is 97.1 Å². The number of nitrogens with zero attached hydrogens (tertiary/aromatic N) is 3. The average Bonchev–Trinajstić information content (AvgIpc) is 3.47. The van der Waals surface area contributed by atoms with E-state index in [2.05, 4.69) is 5.32 Å². The molecule has 3 aliphatic rings. The lowest BCUT2D eigenvalue weighted by Gasteiger charge is -2.43. The molecule has 0 saturated carbocycles. The van der Waals surface area contributed by atoms with Crippen LogP contribution in [0.15, 0.2) is 65.1 Å². The van der Waals surface area contributed by atoms with Crippen LogP contribution < -0.4 is 10.1 Å². The van der Waals surface area contributed by atoms with E-state index in [1.807, 2.05) is 41.8 Å². The molecule has 30 heavy (non-hydrogen) atoms. The number of nitro groups is 1. The first kappa shape index (κ1) is 17.2. The molecule has 148 valence electrons. The minimum Gasteiger partial charge on any atom is -0.453 e. The van der Waals surface area contributed by atoms with Crippen molar-refractivity contribution >= 4 is 34.3 Å². The number of anilines is 1. The monoisotopic (exact) mass is 418 g/mol. The van der Waals surface area contributed by atoms with Crippen LogP contribution in [0.2, 0.25) is 0 Å². The van der Waals surface area contributed by atoms with Gasteiger partial charge in [0.1, 0.15) is 5.75 Å². The SMILES string of the molecule is O=C1Nc2ccc([N+](=O)[O-])cc2[C@]12Oc1ccccc1[C@@H]1CC(c3cccs3)=NN12. The van der Waals surface area contributed by atoms with Crippen molar-refractivity contribution in [2.75, 3.05) is 5.32 Å². The lowest BCUT2D eigenvalue weighted by Crippen LogP contribution is -2.55. The van der Waals surface area contributed by atoms with Crippen LogP contribution in [-0.4, -0.2) is 21.6 Å². The van der Waals surface area contributed by atoms with E-state index in [4.69, 9.17) is 9.84 Å². The molecule has 0 aliphatic carbocycles. The maximum Gasteiger partial charge on any atom is 0.306 e. The van der Waals surface area contributed by atoms with E-state index in [1.54, 1.807) is 22.4 Å². The molecule has 9 heteroatoms. The number of rotatable bonds is 2. The van der Waals surface area contributed by atoms with Crippen molar-refractivity contribution < 1.29 is 14.5 Å². The number of para-hydroxylation sites is 1. The van der Waals surface area contributed by atoms with Crippen molar-refractivity contribution in [3.8, 4) is 5.75 Å². The predicted octanol–water partition coefficient (Wildman–Crippen LogP) is 4.00. The summed E-state index contributed by atoms with van der Waals surface area (Å²) in [6, 6.07) is 15.6. The maximum atomic E-state index is 13.3. The normalized spacial score (nSPS) is 23.3. The molecule has 1 amide bonds. The number of benzene rings is 2. The van der Waals surface area contributed by atoms with Gasteiger partial charge in [-0.1, -0.05) is 24.3 Å². The smallest absolute Gasteiger partial charge is 0.306 e. The van der Waals surface area contributed by atoms with Crippen molar-refractivity contribution in [2.45, 2.75) is 18.2 Å². The Morgan fingerprint density at radius 3 is 2.90 bits per heavy atom. The number of fused-ring (bicyclic) bond motifs is 6. The number of ether oxygens (including phenoxy) is 1. The third kappa shape index (κ3) is 2.15. The van der Waals surface area contributed by atoms with E-state index >= 15 is 0 Å². The molecule has 8 nitrogen and oxygen atoms in total. The number of carbonyl (C=O) groups is 1. The number of non-ortho nitro benzene ring substituents is 1. The van der Waals surface area contributed by atoms with Gasteiger partial charge >= 0.3 is 5.72 Å². The Labute approximate surface area is 174 Å². The highest BCUT2D eigenvalue weighted by Crippen LogP contribution is 2.54. The summed E-state index contributed by atoms with van der Waals surface area (Å²) in [6.45, 7) is 0. The first-order valence-corrected chi connectivity index (χ1v) is 10.2. The molecule has 0 fully saturated rings. The molecule has 1 N–H and O–H groups in total. The minimum absolute atomic E-state index is 0.106. The second kappa shape index (κ2) is 5.90. The summed E-state index contributed by atoms with van der Waals surface area (Å²) >= 11 is 1.58. The van der Waals surface area contributed by atoms with Gasteiger partial charge in [0, 0.05) is 24.1 Å². The maximum absolute atomic E-state index is 13.3. The fourth-order valence-corrected chi connectivity index (χ4v) is 5.10. The van der Waals surface area contributed by atoms with Gasteiger partial charge in [-0.15, -0.1) is 11.3 Å². The Bertz CT molecular complexity index is 1260. The number of carbonyl (C=O) groups excluding carboxylic acids is 1. The highest BCUT2D eigenvalue weighted by atomic mass is 32.1. The van der Waals surface area contributed by atoms with E-state index in [-0.39, 0.29) is 11.7 Å². The first-order valence-electron chi connectivity index (χ1n) is 9.37. The Kier molecular flexibility index (Phi) is 3.37. The number of thiophene rings is 1. The molecule has 3 aliphatic heterocycles. The van der Waals surface area contributed by atoms with E-state index in [1.165, 1.54) is 12.1 Å². The van der Waals surface area contributed by atoms with Crippen molar-refractivity contribution in [1.29, 1.82) is 0 Å². The molecule has 6 rings (SSSR count). The molecular formula is C21H14N4O4S. The largest absolute Gasteiger partial charge is 0.453 e. The number of amides is 1. The number of hydrazone groups is 1. The summed E-state index contributed by atoms with van der Waals surface area (Å²) in [4.78, 5) is 25.3. The summed E-state index contributed by atoms with van der Waals surface area (Å²) in [5.74, 6) is 0.171. The molecule has 2 atom stereocenters. The molecule has 1 aromatic heterocycles. The van der Waals surface area contributed by atoms with Gasteiger partial charge in [0.2, 0.25) is 0 Å². The zero-order valence-corrected chi connectivity index (χ0v) is 16.3. The molecule has 0 radical (unpaired) electrons. The number of nitro benzene ring substituents is 1. The van der Waals surface area contributed by atoms with Gasteiger partial charge in [0.05, 0.1) is 32.8 Å². The van der Waals surface area contributed by atoms with Crippen LogP contribution in [0.1, 0.15) is 28.5 Å². The Hall–Kier alpha value is -3.72. The quantitative estimate of drug-likeness (QED) is 0.501. The first-order chi connectivity index (χ1) is 14.6. The Balaban J connectivity index is 1.60. The standard InChI is InChI=1S/C21H14N4O4S/c26-20-21(14-10-12(25(27)28)7-8-15(14)22-20)24-17(13-4-1-2-5-18(13)29-21)11-16(23-24)19-6-3-9-30-19/h1-10,17H,11H2,(H,22,26)/t17-,21-/m0/s1. The highest BCUT2D eigenvalue weighted by Gasteiger charge is 2.61. The molecular weight excluding hydrogens is 404 g/mol. The van der Waals surface area contributed by atoms with Crippen LogP contribution in [0.25, 0.3) is 0 Å². The lowest BCUT2D eigenvalue weighted by molar-refractivity contribution is -0.385. The van der Waals surface area contributed by atoms with Gasteiger partial charge in [-0.05, 0) is 23.6 Å². The third-order valence-corrected chi connectivity index (χ3v) is 6.63. The summed E-state index contributed by atoms with van der Waals surface area (Å²) in [5.41, 5.74) is 0.983. The second-order valence-corrected chi connectivity index (χ2v) is 8.26. The van der Waals surface area contributed by atoms with Crippen molar-refractivity contribution in [3.63, 3.8) is 0 Å². The predicted molar refractivity (Wildman–Crippen MR) is 111 cm³/mol. The minimum atomic E-state index is -1.60. The number of hydrogen-bond acceptors (Lipinski definition) is 7. The zero-order chi connectivity index (χ0) is 20.5. The molecule has 1 spiro atoms. The van der Waals surface area contributed by atoms with E-state index in [9.17, 15) is 14.9 Å². The van der Waals surface area contributed by atoms with E-state index < -0.39 is 16.6 Å².